The minimum Gasteiger partial charge on any atom is -0.310 e. The van der Waals surface area contributed by atoms with Crippen LogP contribution in [0.25, 0.3) is 64.7 Å². The van der Waals surface area contributed by atoms with Crippen LogP contribution < -0.4 is 4.90 Å². The van der Waals surface area contributed by atoms with Crippen LogP contribution in [0.15, 0.2) is 176 Å². The number of hydrogen-bond acceptors (Lipinski definition) is 2. The molecule has 0 unspecified atom stereocenters. The van der Waals surface area contributed by atoms with Crippen molar-refractivity contribution >= 4 is 48.6 Å². The van der Waals surface area contributed by atoms with Gasteiger partial charge in [0.2, 0.25) is 0 Å². The first-order chi connectivity index (χ1) is 27.3. The van der Waals surface area contributed by atoms with Crippen molar-refractivity contribution in [2.75, 3.05) is 4.90 Å². The molecular formula is C54H41NS. The van der Waals surface area contributed by atoms with Crippen LogP contribution >= 0.6 is 11.3 Å². The summed E-state index contributed by atoms with van der Waals surface area (Å²) >= 11 is 1.87. The molecule has 1 aromatic heterocycles. The fourth-order valence-electron chi connectivity index (χ4n) is 9.86. The van der Waals surface area contributed by atoms with Crippen molar-refractivity contribution in [1.29, 1.82) is 0 Å². The molecule has 9 aromatic rings. The minimum atomic E-state index is -0.101. The lowest BCUT2D eigenvalue weighted by atomic mass is 9.81. The summed E-state index contributed by atoms with van der Waals surface area (Å²) in [4.78, 5) is 2.48. The zero-order valence-corrected chi connectivity index (χ0v) is 32.9. The fraction of sp³-hybridized carbons (Fsp3) is 0.111. The van der Waals surface area contributed by atoms with E-state index in [2.05, 4.69) is 209 Å². The maximum atomic E-state index is 2.48. The highest BCUT2D eigenvalue weighted by Gasteiger charge is 2.38. The quantitative estimate of drug-likeness (QED) is 0.170. The number of rotatable bonds is 5. The van der Waals surface area contributed by atoms with Crippen molar-refractivity contribution in [1.82, 2.24) is 0 Å². The fourth-order valence-corrected chi connectivity index (χ4v) is 11.0. The van der Waals surface area contributed by atoms with Crippen LogP contribution in [0.1, 0.15) is 49.9 Å². The van der Waals surface area contributed by atoms with Gasteiger partial charge in [0, 0.05) is 47.9 Å². The molecule has 0 N–H and O–H groups in total. The standard InChI is InChI=1S/C54H41NS/c1-53(2)45-21-9-6-17-42(45)52-46(53)22-13-23-48(52)55(38-15-11-14-36(32-38)39-19-12-25-50-51(39)43-18-7-10-24-49(43)56-50)37-29-26-34(27-30-37)35-28-31-41-40-16-5-8-20-44(40)54(3,4)47(41)33-35/h5-33H,1-4H3. The second-order valence-electron chi connectivity index (χ2n) is 16.5. The molecule has 0 bridgehead atoms. The Kier molecular flexibility index (Phi) is 7.18. The van der Waals surface area contributed by atoms with Gasteiger partial charge in [0.05, 0.1) is 5.69 Å². The van der Waals surface area contributed by atoms with Crippen molar-refractivity contribution in [3.63, 3.8) is 0 Å². The Labute approximate surface area is 333 Å². The van der Waals surface area contributed by atoms with E-state index in [4.69, 9.17) is 0 Å². The van der Waals surface area contributed by atoms with Gasteiger partial charge >= 0.3 is 0 Å². The number of nitrogens with zero attached hydrogens (tertiary/aromatic N) is 1. The highest BCUT2D eigenvalue weighted by Crippen LogP contribution is 2.55. The summed E-state index contributed by atoms with van der Waals surface area (Å²) in [6, 6.07) is 65.7. The summed E-state index contributed by atoms with van der Waals surface area (Å²) in [7, 11) is 0. The molecule has 0 fully saturated rings. The minimum absolute atomic E-state index is 0.0406. The normalized spacial score (nSPS) is 14.4. The monoisotopic (exact) mass is 735 g/mol. The van der Waals surface area contributed by atoms with Gasteiger partial charge in [-0.15, -0.1) is 11.3 Å². The first-order valence-electron chi connectivity index (χ1n) is 19.7. The number of fused-ring (bicyclic) bond motifs is 9. The van der Waals surface area contributed by atoms with Gasteiger partial charge < -0.3 is 4.90 Å². The van der Waals surface area contributed by atoms with Crippen LogP contribution in [0.5, 0.6) is 0 Å². The highest BCUT2D eigenvalue weighted by molar-refractivity contribution is 7.25. The molecule has 2 heteroatoms. The SMILES string of the molecule is CC1(C)c2ccccc2-c2ccc(-c3ccc(N(c4cccc(-c5cccc6sc7ccccc7c56)c4)c4cccc5c4-c4ccccc4C5(C)C)cc3)cc21. The molecule has 268 valence electrons. The molecule has 1 nitrogen and oxygen atoms in total. The molecule has 2 aliphatic carbocycles. The second kappa shape index (κ2) is 12.1. The van der Waals surface area contributed by atoms with E-state index >= 15 is 0 Å². The first-order valence-corrected chi connectivity index (χ1v) is 20.5. The smallest absolute Gasteiger partial charge is 0.0543 e. The van der Waals surface area contributed by atoms with E-state index in [-0.39, 0.29) is 10.8 Å². The summed E-state index contributed by atoms with van der Waals surface area (Å²) in [5, 5.41) is 2.65. The van der Waals surface area contributed by atoms with Crippen molar-refractivity contribution < 1.29 is 0 Å². The Hall–Kier alpha value is -6.22. The van der Waals surface area contributed by atoms with Gasteiger partial charge in [-0.1, -0.05) is 155 Å². The number of hydrogen-bond donors (Lipinski definition) is 0. The molecular weight excluding hydrogens is 695 g/mol. The van der Waals surface area contributed by atoms with Crippen molar-refractivity contribution in [2.24, 2.45) is 0 Å². The van der Waals surface area contributed by atoms with Crippen molar-refractivity contribution in [3.8, 4) is 44.5 Å². The molecule has 1 heterocycles. The van der Waals surface area contributed by atoms with Gasteiger partial charge in [0.1, 0.15) is 0 Å². The number of thiophene rings is 1. The van der Waals surface area contributed by atoms with Crippen molar-refractivity contribution in [3.05, 3.63) is 198 Å². The molecule has 0 amide bonds. The Balaban J connectivity index is 1.08. The van der Waals surface area contributed by atoms with Gasteiger partial charge in [0.25, 0.3) is 0 Å². The topological polar surface area (TPSA) is 3.24 Å². The number of anilines is 3. The zero-order valence-electron chi connectivity index (χ0n) is 32.1. The Morgan fingerprint density at radius 2 is 1.00 bits per heavy atom. The van der Waals surface area contributed by atoms with Crippen LogP contribution in [0, 0.1) is 0 Å². The van der Waals surface area contributed by atoms with Gasteiger partial charge in [-0.2, -0.15) is 0 Å². The lowest BCUT2D eigenvalue weighted by Crippen LogP contribution is -2.16. The lowest BCUT2D eigenvalue weighted by molar-refractivity contribution is 0.660. The average molecular weight is 736 g/mol. The predicted molar refractivity (Wildman–Crippen MR) is 240 cm³/mol. The van der Waals surface area contributed by atoms with E-state index in [1.54, 1.807) is 0 Å². The van der Waals surface area contributed by atoms with Gasteiger partial charge in [-0.05, 0) is 110 Å². The molecule has 2 aliphatic rings. The summed E-state index contributed by atoms with van der Waals surface area (Å²) in [5.41, 5.74) is 19.2. The molecule has 0 spiro atoms. The molecule has 8 aromatic carbocycles. The summed E-state index contributed by atoms with van der Waals surface area (Å²) < 4.78 is 2.64. The first kappa shape index (κ1) is 33.1. The molecule has 56 heavy (non-hydrogen) atoms. The predicted octanol–water partition coefficient (Wildman–Crippen LogP) is 15.5. The Morgan fingerprint density at radius 1 is 0.393 bits per heavy atom. The zero-order chi connectivity index (χ0) is 37.8. The summed E-state index contributed by atoms with van der Waals surface area (Å²) in [5.74, 6) is 0. The third-order valence-corrected chi connectivity index (χ3v) is 13.8. The molecule has 0 atom stereocenters. The van der Waals surface area contributed by atoms with Crippen LogP contribution in [-0.2, 0) is 10.8 Å². The summed E-state index contributed by atoms with van der Waals surface area (Å²) in [6.07, 6.45) is 0. The third-order valence-electron chi connectivity index (χ3n) is 12.7. The van der Waals surface area contributed by atoms with Gasteiger partial charge in [-0.3, -0.25) is 0 Å². The largest absolute Gasteiger partial charge is 0.310 e. The molecule has 0 saturated carbocycles. The van der Waals surface area contributed by atoms with Gasteiger partial charge in [0.15, 0.2) is 0 Å². The van der Waals surface area contributed by atoms with E-state index in [1.165, 1.54) is 92.6 Å². The van der Waals surface area contributed by atoms with E-state index in [0.717, 1.165) is 11.4 Å². The van der Waals surface area contributed by atoms with E-state index in [0.29, 0.717) is 0 Å². The van der Waals surface area contributed by atoms with Crippen LogP contribution in [-0.4, -0.2) is 0 Å². The summed E-state index contributed by atoms with van der Waals surface area (Å²) in [6.45, 7) is 9.44. The highest BCUT2D eigenvalue weighted by atomic mass is 32.1. The Morgan fingerprint density at radius 3 is 1.84 bits per heavy atom. The third kappa shape index (κ3) is 4.79. The molecule has 11 rings (SSSR count). The van der Waals surface area contributed by atoms with E-state index in [9.17, 15) is 0 Å². The van der Waals surface area contributed by atoms with E-state index in [1.807, 2.05) is 11.3 Å². The maximum absolute atomic E-state index is 2.48. The lowest BCUT2D eigenvalue weighted by Gasteiger charge is -2.29. The molecule has 0 aliphatic heterocycles. The second-order valence-corrected chi connectivity index (χ2v) is 17.6. The van der Waals surface area contributed by atoms with Crippen LogP contribution in [0.3, 0.4) is 0 Å². The maximum Gasteiger partial charge on any atom is 0.0543 e. The van der Waals surface area contributed by atoms with Crippen LogP contribution in [0.4, 0.5) is 17.1 Å². The van der Waals surface area contributed by atoms with Crippen LogP contribution in [0.2, 0.25) is 0 Å². The molecule has 0 saturated heterocycles. The van der Waals surface area contributed by atoms with E-state index < -0.39 is 0 Å². The van der Waals surface area contributed by atoms with Crippen molar-refractivity contribution in [2.45, 2.75) is 38.5 Å². The number of benzene rings is 8. The molecule has 0 radical (unpaired) electrons. The Bertz CT molecular complexity index is 3030. The van der Waals surface area contributed by atoms with Gasteiger partial charge in [-0.25, -0.2) is 0 Å². The average Bonchev–Trinajstić information content (AvgIpc) is 3.81.